The molecule has 2 heterocycles. The summed E-state index contributed by atoms with van der Waals surface area (Å²) in [6, 6.07) is 9.38. The third kappa shape index (κ3) is 2.66. The van der Waals surface area contributed by atoms with Crippen molar-refractivity contribution in [3.05, 3.63) is 69.4 Å². The lowest BCUT2D eigenvalue weighted by Crippen LogP contribution is -2.34. The first-order valence-corrected chi connectivity index (χ1v) is 7.32. The van der Waals surface area contributed by atoms with Crippen LogP contribution in [0, 0.1) is 12.7 Å². The number of carbonyl (C=O) groups excluding carboxylic acids is 1. The Balaban J connectivity index is 1.91. The molecule has 0 bridgehead atoms. The molecule has 1 aliphatic rings. The Hall–Kier alpha value is -2.43. The molecule has 3 rings (SSSR count). The van der Waals surface area contributed by atoms with Crippen molar-refractivity contribution in [3.8, 4) is 0 Å². The van der Waals surface area contributed by atoms with Gasteiger partial charge >= 0.3 is 0 Å². The van der Waals surface area contributed by atoms with Crippen LogP contribution in [0.3, 0.4) is 0 Å². The van der Waals surface area contributed by atoms with Gasteiger partial charge in [-0.25, -0.2) is 4.39 Å². The average Bonchev–Trinajstić information content (AvgIpc) is 2.97. The van der Waals surface area contributed by atoms with Crippen LogP contribution in [0.1, 0.15) is 40.5 Å². The van der Waals surface area contributed by atoms with E-state index in [1.54, 1.807) is 36.1 Å². The number of aromatic amines is 1. The van der Waals surface area contributed by atoms with Gasteiger partial charge in [0.05, 0.1) is 6.04 Å². The first-order valence-electron chi connectivity index (χ1n) is 7.32. The van der Waals surface area contributed by atoms with Crippen molar-refractivity contribution in [1.82, 2.24) is 9.88 Å². The number of likely N-dealkylation sites (tertiary alicyclic amines) is 1. The van der Waals surface area contributed by atoms with E-state index in [0.717, 1.165) is 24.1 Å². The topological polar surface area (TPSA) is 53.2 Å². The molecule has 1 atom stereocenters. The van der Waals surface area contributed by atoms with E-state index in [4.69, 9.17) is 0 Å². The first kappa shape index (κ1) is 14.5. The fourth-order valence-corrected chi connectivity index (χ4v) is 2.94. The summed E-state index contributed by atoms with van der Waals surface area (Å²) in [5.41, 5.74) is 1.41. The minimum atomic E-state index is -0.366. The highest BCUT2D eigenvalue weighted by Crippen LogP contribution is 2.32. The zero-order valence-electron chi connectivity index (χ0n) is 12.3. The van der Waals surface area contributed by atoms with Crippen molar-refractivity contribution < 1.29 is 9.18 Å². The second kappa shape index (κ2) is 5.75. The van der Waals surface area contributed by atoms with Crippen LogP contribution < -0.4 is 5.56 Å². The van der Waals surface area contributed by atoms with E-state index in [1.807, 2.05) is 0 Å². The fraction of sp³-hybridized carbons (Fsp3) is 0.294. The molecular weight excluding hydrogens is 283 g/mol. The van der Waals surface area contributed by atoms with Gasteiger partial charge < -0.3 is 9.88 Å². The number of benzene rings is 1. The molecule has 114 valence electrons. The number of nitrogens with one attached hydrogen (secondary N) is 1. The summed E-state index contributed by atoms with van der Waals surface area (Å²) >= 11 is 0. The molecule has 0 spiro atoms. The highest BCUT2D eigenvalue weighted by molar-refractivity contribution is 5.94. The highest BCUT2D eigenvalue weighted by Gasteiger charge is 2.31. The van der Waals surface area contributed by atoms with Crippen molar-refractivity contribution in [1.29, 1.82) is 0 Å². The fourth-order valence-electron chi connectivity index (χ4n) is 2.94. The van der Waals surface area contributed by atoms with Crippen LogP contribution in [-0.2, 0) is 0 Å². The van der Waals surface area contributed by atoms with Crippen LogP contribution in [0.25, 0.3) is 0 Å². The molecule has 1 aromatic carbocycles. The summed E-state index contributed by atoms with van der Waals surface area (Å²) in [6.07, 6.45) is 1.69. The van der Waals surface area contributed by atoms with E-state index in [2.05, 4.69) is 4.98 Å². The second-order valence-electron chi connectivity index (χ2n) is 5.59. The number of amides is 1. The van der Waals surface area contributed by atoms with Crippen LogP contribution in [0.4, 0.5) is 4.39 Å². The lowest BCUT2D eigenvalue weighted by Gasteiger charge is -2.25. The number of hydrogen-bond acceptors (Lipinski definition) is 2. The minimum Gasteiger partial charge on any atom is -0.331 e. The van der Waals surface area contributed by atoms with Crippen LogP contribution in [-0.4, -0.2) is 22.3 Å². The molecule has 1 amide bonds. The third-order valence-corrected chi connectivity index (χ3v) is 4.05. The van der Waals surface area contributed by atoms with Gasteiger partial charge in [-0.05, 0) is 49.6 Å². The van der Waals surface area contributed by atoms with Gasteiger partial charge in [0, 0.05) is 12.2 Å². The highest BCUT2D eigenvalue weighted by atomic mass is 19.1. The average molecular weight is 300 g/mol. The number of aromatic nitrogens is 1. The molecule has 22 heavy (non-hydrogen) atoms. The van der Waals surface area contributed by atoms with Crippen LogP contribution in [0.2, 0.25) is 0 Å². The largest absolute Gasteiger partial charge is 0.331 e. The van der Waals surface area contributed by atoms with E-state index < -0.39 is 0 Å². The Bertz CT molecular complexity index is 752. The molecule has 1 aromatic heterocycles. The number of rotatable bonds is 2. The minimum absolute atomic E-state index is 0.103. The molecule has 4 nitrogen and oxygen atoms in total. The van der Waals surface area contributed by atoms with E-state index >= 15 is 0 Å². The summed E-state index contributed by atoms with van der Waals surface area (Å²) in [4.78, 5) is 29.0. The number of pyridine rings is 1. The monoisotopic (exact) mass is 300 g/mol. The van der Waals surface area contributed by atoms with Crippen molar-refractivity contribution >= 4 is 5.91 Å². The molecule has 0 radical (unpaired) electrons. The molecule has 5 heteroatoms. The summed E-state index contributed by atoms with van der Waals surface area (Å²) in [5.74, 6) is -0.567. The Labute approximate surface area is 127 Å². The molecule has 1 aliphatic heterocycles. The predicted molar refractivity (Wildman–Crippen MR) is 81.2 cm³/mol. The molecule has 1 N–H and O–H groups in total. The maximum absolute atomic E-state index is 13.1. The molecule has 0 unspecified atom stereocenters. The SMILES string of the molecule is Cc1ccc(C(=O)N2CCC[C@@H]2c2ccc(F)cc2)c(=O)[nH]1. The van der Waals surface area contributed by atoms with Gasteiger partial charge in [0.1, 0.15) is 11.4 Å². The van der Waals surface area contributed by atoms with E-state index in [0.29, 0.717) is 6.54 Å². The molecule has 1 saturated heterocycles. The van der Waals surface area contributed by atoms with Gasteiger partial charge in [-0.15, -0.1) is 0 Å². The van der Waals surface area contributed by atoms with E-state index in [9.17, 15) is 14.0 Å². The number of H-pyrrole nitrogens is 1. The Morgan fingerprint density at radius 2 is 1.95 bits per heavy atom. The molecule has 1 fully saturated rings. The van der Waals surface area contributed by atoms with Crippen molar-refractivity contribution in [2.24, 2.45) is 0 Å². The van der Waals surface area contributed by atoms with E-state index in [-0.39, 0.29) is 28.9 Å². The second-order valence-corrected chi connectivity index (χ2v) is 5.59. The maximum atomic E-state index is 13.1. The van der Waals surface area contributed by atoms with Crippen molar-refractivity contribution in [3.63, 3.8) is 0 Å². The van der Waals surface area contributed by atoms with Crippen LogP contribution in [0.15, 0.2) is 41.2 Å². The predicted octanol–water partition coefficient (Wildman–Crippen LogP) is 2.80. The summed E-state index contributed by atoms with van der Waals surface area (Å²) in [6.45, 7) is 2.38. The third-order valence-electron chi connectivity index (χ3n) is 4.05. The van der Waals surface area contributed by atoms with Gasteiger partial charge in [-0.1, -0.05) is 12.1 Å². The Morgan fingerprint density at radius 1 is 1.23 bits per heavy atom. The lowest BCUT2D eigenvalue weighted by atomic mass is 10.0. The summed E-state index contributed by atoms with van der Waals surface area (Å²) in [5, 5.41) is 0. The number of nitrogens with zero attached hydrogens (tertiary/aromatic N) is 1. The molecule has 2 aromatic rings. The maximum Gasteiger partial charge on any atom is 0.260 e. The number of halogens is 1. The number of hydrogen-bond donors (Lipinski definition) is 1. The lowest BCUT2D eigenvalue weighted by molar-refractivity contribution is 0.0734. The normalized spacial score (nSPS) is 17.7. The van der Waals surface area contributed by atoms with Gasteiger partial charge in [0.15, 0.2) is 0 Å². The zero-order valence-corrected chi connectivity index (χ0v) is 12.3. The zero-order chi connectivity index (χ0) is 15.7. The van der Waals surface area contributed by atoms with Gasteiger partial charge in [-0.2, -0.15) is 0 Å². The Morgan fingerprint density at radius 3 is 2.64 bits per heavy atom. The Kier molecular flexibility index (Phi) is 3.79. The van der Waals surface area contributed by atoms with Gasteiger partial charge in [0.2, 0.25) is 0 Å². The van der Waals surface area contributed by atoms with Gasteiger partial charge in [0.25, 0.3) is 11.5 Å². The van der Waals surface area contributed by atoms with Crippen LogP contribution in [0.5, 0.6) is 0 Å². The number of aryl methyl sites for hydroxylation is 1. The standard InChI is InChI=1S/C17H17FN2O2/c1-11-4-9-14(16(21)19-11)17(22)20-10-2-3-15(20)12-5-7-13(18)8-6-12/h4-9,15H,2-3,10H2,1H3,(H,19,21)/t15-/m1/s1. The molecular formula is C17H17FN2O2. The van der Waals surface area contributed by atoms with Crippen molar-refractivity contribution in [2.75, 3.05) is 6.54 Å². The van der Waals surface area contributed by atoms with Gasteiger partial charge in [-0.3, -0.25) is 9.59 Å². The smallest absolute Gasteiger partial charge is 0.260 e. The molecule has 0 saturated carbocycles. The summed E-state index contributed by atoms with van der Waals surface area (Å²) in [7, 11) is 0. The van der Waals surface area contributed by atoms with E-state index in [1.165, 1.54) is 12.1 Å². The summed E-state index contributed by atoms with van der Waals surface area (Å²) < 4.78 is 13.1. The number of carbonyl (C=O) groups is 1. The molecule has 0 aliphatic carbocycles. The first-order chi connectivity index (χ1) is 10.6. The van der Waals surface area contributed by atoms with Crippen molar-refractivity contribution in [2.45, 2.75) is 25.8 Å². The quantitative estimate of drug-likeness (QED) is 0.927. The van der Waals surface area contributed by atoms with Crippen LogP contribution >= 0.6 is 0 Å².